The minimum Gasteiger partial charge on any atom is -0.479 e. The van der Waals surface area contributed by atoms with E-state index in [1.807, 2.05) is 54.6 Å². The van der Waals surface area contributed by atoms with Crippen LogP contribution in [0.3, 0.4) is 0 Å². The van der Waals surface area contributed by atoms with Gasteiger partial charge < -0.3 is 20.5 Å². The monoisotopic (exact) mass is 539 g/mol. The van der Waals surface area contributed by atoms with Crippen molar-refractivity contribution in [3.05, 3.63) is 95.6 Å². The van der Waals surface area contributed by atoms with E-state index >= 15 is 0 Å². The number of ether oxygens (including phenoxy) is 1. The second-order valence-corrected chi connectivity index (χ2v) is 11.2. The van der Waals surface area contributed by atoms with Crippen molar-refractivity contribution in [3.8, 4) is 11.1 Å². The largest absolute Gasteiger partial charge is 0.479 e. The zero-order valence-electron chi connectivity index (χ0n) is 22.3. The molecule has 1 heterocycles. The molecule has 1 atom stereocenters. The molecule has 1 saturated carbocycles. The summed E-state index contributed by atoms with van der Waals surface area (Å²) in [6.07, 6.45) is 0.929. The van der Waals surface area contributed by atoms with Gasteiger partial charge >= 0.3 is 12.1 Å². The molecule has 2 fully saturated rings. The van der Waals surface area contributed by atoms with Crippen molar-refractivity contribution in [2.24, 2.45) is 5.41 Å². The third-order valence-electron chi connectivity index (χ3n) is 8.61. The van der Waals surface area contributed by atoms with E-state index in [2.05, 4.69) is 39.8 Å². The number of nitrogens with one attached hydrogen (secondary N) is 2. The van der Waals surface area contributed by atoms with Crippen LogP contribution in [0, 0.1) is 5.41 Å². The molecule has 8 heteroatoms. The molecule has 8 nitrogen and oxygen atoms in total. The lowest BCUT2D eigenvalue weighted by Crippen LogP contribution is -2.58. The molecule has 3 aliphatic rings. The standard InChI is InChI=1S/C32H33N3O5/c36-28(34-32(29(37)38)16-17-35(21-32)18-22-8-2-1-3-9-22)31(14-15-31)20-33-30(39)40-19-27-25-12-6-4-10-23(25)24-11-5-7-13-26(24)27/h1-13,27H,14-21H2,(H,33,39)(H,34,36)(H,37,38). The number of likely N-dealkylation sites (tertiary alicyclic amines) is 1. The number of alkyl carbamates (subject to hydrolysis) is 1. The van der Waals surface area contributed by atoms with Gasteiger partial charge in [-0.25, -0.2) is 9.59 Å². The van der Waals surface area contributed by atoms with Crippen LogP contribution in [-0.4, -0.2) is 59.8 Å². The topological polar surface area (TPSA) is 108 Å². The molecule has 2 aliphatic carbocycles. The Morgan fingerprint density at radius 3 is 2.12 bits per heavy atom. The molecule has 0 bridgehead atoms. The van der Waals surface area contributed by atoms with Crippen molar-refractivity contribution in [3.63, 3.8) is 0 Å². The number of nitrogens with zero attached hydrogens (tertiary/aromatic N) is 1. The first-order chi connectivity index (χ1) is 19.4. The molecular weight excluding hydrogens is 506 g/mol. The molecule has 1 unspecified atom stereocenters. The molecule has 206 valence electrons. The first-order valence-electron chi connectivity index (χ1n) is 13.8. The Morgan fingerprint density at radius 1 is 0.875 bits per heavy atom. The summed E-state index contributed by atoms with van der Waals surface area (Å²) in [7, 11) is 0. The molecule has 1 aliphatic heterocycles. The predicted molar refractivity (Wildman–Crippen MR) is 150 cm³/mol. The van der Waals surface area contributed by atoms with E-state index < -0.39 is 23.0 Å². The number of carbonyl (C=O) groups excluding carboxylic acids is 2. The van der Waals surface area contributed by atoms with Crippen LogP contribution >= 0.6 is 0 Å². The van der Waals surface area contributed by atoms with Crippen molar-refractivity contribution < 1.29 is 24.2 Å². The highest BCUT2D eigenvalue weighted by atomic mass is 16.5. The molecule has 0 aromatic heterocycles. The average Bonchev–Trinajstić information content (AvgIpc) is 3.56. The van der Waals surface area contributed by atoms with Crippen LogP contribution in [0.1, 0.15) is 41.9 Å². The maximum atomic E-state index is 13.3. The van der Waals surface area contributed by atoms with Crippen molar-refractivity contribution in [1.29, 1.82) is 0 Å². The average molecular weight is 540 g/mol. The van der Waals surface area contributed by atoms with Gasteiger partial charge in [0.2, 0.25) is 5.91 Å². The summed E-state index contributed by atoms with van der Waals surface area (Å²) in [6, 6.07) is 26.2. The molecule has 6 rings (SSSR count). The Hall–Kier alpha value is -4.17. The van der Waals surface area contributed by atoms with E-state index in [0.29, 0.717) is 32.4 Å². The highest BCUT2D eigenvalue weighted by Gasteiger charge is 2.55. The van der Waals surface area contributed by atoms with Crippen LogP contribution in [0.15, 0.2) is 78.9 Å². The van der Waals surface area contributed by atoms with E-state index in [1.165, 1.54) is 0 Å². The SMILES string of the molecule is O=C(NCC1(C(=O)NC2(C(=O)O)CCN(Cc3ccccc3)C2)CC1)OCC1c2ccccc2-c2ccccc21. The Labute approximate surface area is 233 Å². The van der Waals surface area contributed by atoms with Crippen LogP contribution in [0.4, 0.5) is 4.79 Å². The first kappa shape index (κ1) is 26.1. The second kappa shape index (κ2) is 10.4. The molecule has 2 amide bonds. The lowest BCUT2D eigenvalue weighted by Gasteiger charge is -2.29. The number of rotatable bonds is 9. The van der Waals surface area contributed by atoms with Crippen molar-refractivity contribution in [1.82, 2.24) is 15.5 Å². The Kier molecular flexibility index (Phi) is 6.80. The molecule has 0 spiro atoms. The van der Waals surface area contributed by atoms with Gasteiger partial charge in [0, 0.05) is 32.1 Å². The fourth-order valence-corrected chi connectivity index (χ4v) is 6.07. The summed E-state index contributed by atoms with van der Waals surface area (Å²) < 4.78 is 5.62. The van der Waals surface area contributed by atoms with Crippen LogP contribution in [-0.2, 0) is 20.9 Å². The molecule has 0 radical (unpaired) electrons. The molecule has 3 aromatic rings. The maximum absolute atomic E-state index is 13.3. The van der Waals surface area contributed by atoms with Crippen LogP contribution in [0.2, 0.25) is 0 Å². The number of hydrogen-bond donors (Lipinski definition) is 3. The van der Waals surface area contributed by atoms with Gasteiger partial charge in [-0.15, -0.1) is 0 Å². The number of fused-ring (bicyclic) bond motifs is 3. The Bertz CT molecular complexity index is 1390. The normalized spacial score (nSPS) is 20.8. The Balaban J connectivity index is 1.04. The molecule has 40 heavy (non-hydrogen) atoms. The zero-order valence-corrected chi connectivity index (χ0v) is 22.3. The van der Waals surface area contributed by atoms with Gasteiger partial charge in [0.1, 0.15) is 6.61 Å². The number of carboxylic acid groups (broad SMARTS) is 1. The quantitative estimate of drug-likeness (QED) is 0.377. The summed E-state index contributed by atoms with van der Waals surface area (Å²) in [4.78, 5) is 40.4. The summed E-state index contributed by atoms with van der Waals surface area (Å²) in [6.45, 7) is 1.74. The minimum atomic E-state index is -1.34. The maximum Gasteiger partial charge on any atom is 0.407 e. The number of hydrogen-bond acceptors (Lipinski definition) is 5. The summed E-state index contributed by atoms with van der Waals surface area (Å²) >= 11 is 0. The van der Waals surface area contributed by atoms with E-state index in [0.717, 1.165) is 27.8 Å². The fraction of sp³-hybridized carbons (Fsp3) is 0.344. The molecule has 3 aromatic carbocycles. The number of carbonyl (C=O) groups is 3. The number of benzene rings is 3. The Morgan fingerprint density at radius 2 is 1.50 bits per heavy atom. The van der Waals surface area contributed by atoms with Gasteiger partial charge in [0.15, 0.2) is 5.54 Å². The summed E-state index contributed by atoms with van der Waals surface area (Å²) in [5.74, 6) is -1.40. The third kappa shape index (κ3) is 4.95. The van der Waals surface area contributed by atoms with Crippen LogP contribution in [0.25, 0.3) is 11.1 Å². The van der Waals surface area contributed by atoms with Crippen molar-refractivity contribution in [2.75, 3.05) is 26.2 Å². The van der Waals surface area contributed by atoms with E-state index in [9.17, 15) is 19.5 Å². The number of aliphatic carboxylic acids is 1. The van der Waals surface area contributed by atoms with Gasteiger partial charge in [0.05, 0.1) is 5.41 Å². The lowest BCUT2D eigenvalue weighted by molar-refractivity contribution is -0.148. The lowest BCUT2D eigenvalue weighted by atomic mass is 9.96. The highest BCUT2D eigenvalue weighted by molar-refractivity contribution is 5.92. The smallest absolute Gasteiger partial charge is 0.407 e. The predicted octanol–water partition coefficient (Wildman–Crippen LogP) is 4.15. The third-order valence-corrected chi connectivity index (χ3v) is 8.61. The number of carboxylic acids is 1. The van der Waals surface area contributed by atoms with Gasteiger partial charge in [0.25, 0.3) is 0 Å². The van der Waals surface area contributed by atoms with Gasteiger partial charge in [-0.05, 0) is 47.1 Å². The fourth-order valence-electron chi connectivity index (χ4n) is 6.07. The van der Waals surface area contributed by atoms with Gasteiger partial charge in [-0.2, -0.15) is 0 Å². The molecular formula is C32H33N3O5. The van der Waals surface area contributed by atoms with Crippen LogP contribution in [0.5, 0.6) is 0 Å². The zero-order chi connectivity index (χ0) is 27.7. The van der Waals surface area contributed by atoms with Crippen LogP contribution < -0.4 is 10.6 Å². The van der Waals surface area contributed by atoms with E-state index in [-0.39, 0.29) is 31.5 Å². The minimum absolute atomic E-state index is 0.0482. The van der Waals surface area contributed by atoms with E-state index in [4.69, 9.17) is 4.74 Å². The van der Waals surface area contributed by atoms with E-state index in [1.54, 1.807) is 0 Å². The molecule has 1 saturated heterocycles. The number of amides is 2. The molecule has 3 N–H and O–H groups in total. The second-order valence-electron chi connectivity index (χ2n) is 11.2. The summed E-state index contributed by atoms with van der Waals surface area (Å²) in [5, 5.41) is 15.7. The first-order valence-corrected chi connectivity index (χ1v) is 13.8. The van der Waals surface area contributed by atoms with Gasteiger partial charge in [-0.1, -0.05) is 78.9 Å². The van der Waals surface area contributed by atoms with Gasteiger partial charge in [-0.3, -0.25) is 9.69 Å². The summed E-state index contributed by atoms with van der Waals surface area (Å²) in [5.41, 5.74) is 3.52. The van der Waals surface area contributed by atoms with Crippen molar-refractivity contribution in [2.45, 2.75) is 37.3 Å². The highest BCUT2D eigenvalue weighted by Crippen LogP contribution is 2.46. The van der Waals surface area contributed by atoms with Crippen molar-refractivity contribution >= 4 is 18.0 Å².